The number of carbonyl (C=O) groups is 2. The summed E-state index contributed by atoms with van der Waals surface area (Å²) in [7, 11) is 1.40. The van der Waals surface area contributed by atoms with Gasteiger partial charge in [0, 0.05) is 6.54 Å². The van der Waals surface area contributed by atoms with Gasteiger partial charge in [-0.1, -0.05) is 0 Å². The summed E-state index contributed by atoms with van der Waals surface area (Å²) in [6, 6.07) is 1.95. The highest BCUT2D eigenvalue weighted by molar-refractivity contribution is 5.77. The van der Waals surface area contributed by atoms with E-state index in [9.17, 15) is 9.59 Å². The van der Waals surface area contributed by atoms with Crippen molar-refractivity contribution in [1.82, 2.24) is 5.32 Å². The molecule has 6 heteroatoms. The van der Waals surface area contributed by atoms with Gasteiger partial charge in [0.15, 0.2) is 0 Å². The van der Waals surface area contributed by atoms with Gasteiger partial charge in [-0.2, -0.15) is 5.26 Å². The van der Waals surface area contributed by atoms with Crippen LogP contribution in [-0.2, 0) is 19.1 Å². The van der Waals surface area contributed by atoms with E-state index in [-0.39, 0.29) is 30.5 Å². The summed E-state index contributed by atoms with van der Waals surface area (Å²) in [4.78, 5) is 22.7. The molecule has 1 N–H and O–H groups in total. The van der Waals surface area contributed by atoms with Crippen molar-refractivity contribution in [3.05, 3.63) is 0 Å². The Hall–Kier alpha value is -1.61. The second-order valence-corrected chi connectivity index (χ2v) is 4.57. The summed E-state index contributed by atoms with van der Waals surface area (Å²) >= 11 is 0. The fourth-order valence-corrected chi connectivity index (χ4v) is 2.13. The zero-order chi connectivity index (χ0) is 14.1. The molecule has 0 atom stereocenters. The van der Waals surface area contributed by atoms with Crippen LogP contribution in [0.25, 0.3) is 0 Å². The molecule has 6 nitrogen and oxygen atoms in total. The minimum absolute atomic E-state index is 0.0129. The third-order valence-corrected chi connectivity index (χ3v) is 3.22. The molecule has 0 aromatic heterocycles. The Morgan fingerprint density at radius 3 is 2.58 bits per heavy atom. The van der Waals surface area contributed by atoms with Crippen LogP contribution < -0.4 is 5.32 Å². The lowest BCUT2D eigenvalue weighted by Gasteiger charge is -2.26. The standard InChI is InChI=1S/C13H20N2O4/c1-18-13(17)10-3-5-11(6-4-10)19-9-12(16)15-8-2-7-14/h10-11H,2-6,8-9H2,1H3,(H,15,16). The monoisotopic (exact) mass is 268 g/mol. The van der Waals surface area contributed by atoms with Crippen molar-refractivity contribution in [2.75, 3.05) is 20.3 Å². The van der Waals surface area contributed by atoms with Gasteiger partial charge in [0.25, 0.3) is 0 Å². The SMILES string of the molecule is COC(=O)C1CCC(OCC(=O)NCCC#N)CC1. The second-order valence-electron chi connectivity index (χ2n) is 4.57. The van der Waals surface area contributed by atoms with Crippen molar-refractivity contribution in [1.29, 1.82) is 5.26 Å². The molecule has 0 aromatic rings. The van der Waals surface area contributed by atoms with Crippen molar-refractivity contribution in [2.24, 2.45) is 5.92 Å². The first kappa shape index (κ1) is 15.4. The van der Waals surface area contributed by atoms with Crippen molar-refractivity contribution in [2.45, 2.75) is 38.2 Å². The van der Waals surface area contributed by atoms with Crippen LogP contribution in [0.15, 0.2) is 0 Å². The number of nitriles is 1. The smallest absolute Gasteiger partial charge is 0.308 e. The van der Waals surface area contributed by atoms with Gasteiger partial charge in [-0.25, -0.2) is 0 Å². The molecule has 0 unspecified atom stereocenters. The molecule has 0 heterocycles. The van der Waals surface area contributed by atoms with Gasteiger partial charge in [0.05, 0.1) is 31.6 Å². The topological polar surface area (TPSA) is 88.4 Å². The minimum atomic E-state index is -0.203. The number of hydrogen-bond donors (Lipinski definition) is 1. The molecular formula is C13H20N2O4. The van der Waals surface area contributed by atoms with Crippen LogP contribution in [0.1, 0.15) is 32.1 Å². The van der Waals surface area contributed by atoms with Crippen LogP contribution in [-0.4, -0.2) is 38.2 Å². The average molecular weight is 268 g/mol. The number of rotatable bonds is 6. The first-order chi connectivity index (χ1) is 9.17. The van der Waals surface area contributed by atoms with Crippen LogP contribution in [0.4, 0.5) is 0 Å². The molecule has 1 amide bonds. The van der Waals surface area contributed by atoms with Gasteiger partial charge < -0.3 is 14.8 Å². The maximum absolute atomic E-state index is 11.4. The summed E-state index contributed by atoms with van der Waals surface area (Å²) in [5, 5.41) is 10.9. The number of carbonyl (C=O) groups excluding carboxylic acids is 2. The Labute approximate surface area is 113 Å². The third-order valence-electron chi connectivity index (χ3n) is 3.22. The Morgan fingerprint density at radius 2 is 2.00 bits per heavy atom. The van der Waals surface area contributed by atoms with Crippen molar-refractivity contribution < 1.29 is 19.1 Å². The largest absolute Gasteiger partial charge is 0.469 e. The number of nitrogens with one attached hydrogen (secondary N) is 1. The Morgan fingerprint density at radius 1 is 1.32 bits per heavy atom. The Kier molecular flexibility index (Phi) is 6.90. The van der Waals surface area contributed by atoms with Crippen molar-refractivity contribution in [3.8, 4) is 6.07 Å². The number of esters is 1. The van der Waals surface area contributed by atoms with Crippen molar-refractivity contribution in [3.63, 3.8) is 0 Å². The van der Waals surface area contributed by atoms with Crippen LogP contribution in [0.5, 0.6) is 0 Å². The van der Waals surface area contributed by atoms with E-state index in [0.29, 0.717) is 13.0 Å². The predicted octanol–water partition coefficient (Wildman–Crippen LogP) is 0.765. The van der Waals surface area contributed by atoms with Crippen molar-refractivity contribution >= 4 is 11.9 Å². The van der Waals surface area contributed by atoms with E-state index in [1.807, 2.05) is 6.07 Å². The molecular weight excluding hydrogens is 248 g/mol. The number of nitrogens with zero attached hydrogens (tertiary/aromatic N) is 1. The van der Waals surface area contributed by atoms with E-state index >= 15 is 0 Å². The lowest BCUT2D eigenvalue weighted by atomic mass is 9.87. The normalized spacial score (nSPS) is 22.3. The van der Waals surface area contributed by atoms with Crippen LogP contribution in [0, 0.1) is 17.2 Å². The quantitative estimate of drug-likeness (QED) is 0.567. The zero-order valence-corrected chi connectivity index (χ0v) is 11.2. The highest BCUT2D eigenvalue weighted by Gasteiger charge is 2.27. The summed E-state index contributed by atoms with van der Waals surface area (Å²) < 4.78 is 10.2. The highest BCUT2D eigenvalue weighted by Crippen LogP contribution is 2.26. The lowest BCUT2D eigenvalue weighted by Crippen LogP contribution is -2.32. The van der Waals surface area contributed by atoms with Crippen LogP contribution in [0.3, 0.4) is 0 Å². The molecule has 0 saturated heterocycles. The van der Waals surface area contributed by atoms with Crippen LogP contribution in [0.2, 0.25) is 0 Å². The predicted molar refractivity (Wildman–Crippen MR) is 67.0 cm³/mol. The van der Waals surface area contributed by atoms with E-state index in [0.717, 1.165) is 25.7 Å². The van der Waals surface area contributed by atoms with Gasteiger partial charge >= 0.3 is 5.97 Å². The number of methoxy groups -OCH3 is 1. The molecule has 1 saturated carbocycles. The van der Waals surface area contributed by atoms with Crippen LogP contribution >= 0.6 is 0 Å². The first-order valence-electron chi connectivity index (χ1n) is 6.50. The maximum atomic E-state index is 11.4. The van der Waals surface area contributed by atoms with E-state index in [1.54, 1.807) is 0 Å². The molecule has 1 fully saturated rings. The van der Waals surface area contributed by atoms with Gasteiger partial charge in [0.2, 0.25) is 5.91 Å². The molecule has 0 aromatic carbocycles. The van der Waals surface area contributed by atoms with E-state index in [2.05, 4.69) is 5.32 Å². The summed E-state index contributed by atoms with van der Waals surface area (Å²) in [6.07, 6.45) is 3.36. The van der Waals surface area contributed by atoms with E-state index in [4.69, 9.17) is 14.7 Å². The lowest BCUT2D eigenvalue weighted by molar-refractivity contribution is -0.148. The molecule has 1 aliphatic rings. The summed E-state index contributed by atoms with van der Waals surface area (Å²) in [6.45, 7) is 0.368. The van der Waals surface area contributed by atoms with Gasteiger partial charge in [-0.3, -0.25) is 9.59 Å². The fourth-order valence-electron chi connectivity index (χ4n) is 2.13. The molecule has 0 bridgehead atoms. The number of ether oxygens (including phenoxy) is 2. The number of amides is 1. The fraction of sp³-hybridized carbons (Fsp3) is 0.769. The summed E-state index contributed by atoms with van der Waals surface area (Å²) in [5.74, 6) is -0.396. The Bertz CT molecular complexity index is 343. The molecule has 106 valence electrons. The summed E-state index contributed by atoms with van der Waals surface area (Å²) in [5.41, 5.74) is 0. The molecule has 1 aliphatic carbocycles. The molecule has 19 heavy (non-hydrogen) atoms. The third kappa shape index (κ3) is 5.71. The molecule has 1 rings (SSSR count). The van der Waals surface area contributed by atoms with Gasteiger partial charge in [-0.05, 0) is 25.7 Å². The molecule has 0 spiro atoms. The molecule has 0 aliphatic heterocycles. The highest BCUT2D eigenvalue weighted by atomic mass is 16.5. The molecule has 0 radical (unpaired) electrons. The first-order valence-corrected chi connectivity index (χ1v) is 6.50. The van der Waals surface area contributed by atoms with E-state index in [1.165, 1.54) is 7.11 Å². The van der Waals surface area contributed by atoms with Gasteiger partial charge in [-0.15, -0.1) is 0 Å². The van der Waals surface area contributed by atoms with Gasteiger partial charge in [0.1, 0.15) is 6.61 Å². The maximum Gasteiger partial charge on any atom is 0.308 e. The zero-order valence-electron chi connectivity index (χ0n) is 11.2. The average Bonchev–Trinajstić information content (AvgIpc) is 2.45. The van der Waals surface area contributed by atoms with E-state index < -0.39 is 0 Å². The Balaban J connectivity index is 2.14. The second kappa shape index (κ2) is 8.48. The minimum Gasteiger partial charge on any atom is -0.469 e. The number of hydrogen-bond acceptors (Lipinski definition) is 5.